The molecule has 2 heterocycles. The summed E-state index contributed by atoms with van der Waals surface area (Å²) in [5.41, 5.74) is 2.34. The lowest BCUT2D eigenvalue weighted by atomic mass is 10.1. The van der Waals surface area contributed by atoms with E-state index in [2.05, 4.69) is 11.0 Å². The van der Waals surface area contributed by atoms with E-state index in [0.29, 0.717) is 12.5 Å². The van der Waals surface area contributed by atoms with Crippen molar-refractivity contribution in [3.8, 4) is 0 Å². The third-order valence-corrected chi connectivity index (χ3v) is 5.94. The van der Waals surface area contributed by atoms with Crippen molar-refractivity contribution in [1.29, 1.82) is 0 Å². The topological polar surface area (TPSA) is 43.9 Å². The van der Waals surface area contributed by atoms with Crippen LogP contribution in [0.3, 0.4) is 0 Å². The van der Waals surface area contributed by atoms with Crippen LogP contribution in [-0.4, -0.2) is 60.9 Å². The van der Waals surface area contributed by atoms with Crippen LogP contribution in [-0.2, 0) is 16.0 Å². The van der Waals surface area contributed by atoms with Crippen LogP contribution in [0.5, 0.6) is 0 Å². The van der Waals surface area contributed by atoms with Gasteiger partial charge in [-0.1, -0.05) is 31.0 Å². The van der Waals surface area contributed by atoms with E-state index in [4.69, 9.17) is 0 Å². The van der Waals surface area contributed by atoms with Crippen LogP contribution in [0.2, 0.25) is 0 Å². The molecule has 3 aliphatic rings. The Bertz CT molecular complexity index is 646. The highest BCUT2D eigenvalue weighted by molar-refractivity contribution is 5.96. The van der Waals surface area contributed by atoms with Crippen molar-refractivity contribution in [2.75, 3.05) is 44.2 Å². The summed E-state index contributed by atoms with van der Waals surface area (Å²) in [5.74, 6) is 0.784. The van der Waals surface area contributed by atoms with E-state index < -0.39 is 0 Å². The summed E-state index contributed by atoms with van der Waals surface area (Å²) >= 11 is 0. The molecular weight excluding hydrogens is 314 g/mol. The molecule has 134 valence electrons. The largest absolute Gasteiger partial charge is 0.340 e. The van der Waals surface area contributed by atoms with Gasteiger partial charge in [0.05, 0.1) is 6.54 Å². The summed E-state index contributed by atoms with van der Waals surface area (Å²) in [6.07, 6.45) is 5.47. The number of carbonyl (C=O) groups is 2. The molecular formula is C20H27N3O2. The van der Waals surface area contributed by atoms with Gasteiger partial charge in [-0.15, -0.1) is 0 Å². The van der Waals surface area contributed by atoms with Gasteiger partial charge >= 0.3 is 0 Å². The number of hydrogen-bond donors (Lipinski definition) is 0. The second-order valence-electron chi connectivity index (χ2n) is 7.51. The Morgan fingerprint density at radius 1 is 0.960 bits per heavy atom. The van der Waals surface area contributed by atoms with E-state index in [-0.39, 0.29) is 11.8 Å². The molecule has 0 spiro atoms. The third kappa shape index (κ3) is 3.43. The zero-order valence-corrected chi connectivity index (χ0v) is 14.8. The lowest BCUT2D eigenvalue weighted by Gasteiger charge is -2.36. The molecule has 2 amide bonds. The highest BCUT2D eigenvalue weighted by Gasteiger charge is 2.31. The quantitative estimate of drug-likeness (QED) is 0.844. The van der Waals surface area contributed by atoms with Gasteiger partial charge in [0, 0.05) is 44.3 Å². The van der Waals surface area contributed by atoms with E-state index in [1.165, 1.54) is 18.4 Å². The van der Waals surface area contributed by atoms with Crippen molar-refractivity contribution in [2.45, 2.75) is 32.1 Å². The van der Waals surface area contributed by atoms with Gasteiger partial charge in [-0.3, -0.25) is 14.5 Å². The third-order valence-electron chi connectivity index (χ3n) is 5.94. The number of carbonyl (C=O) groups excluding carboxylic acids is 2. The minimum absolute atomic E-state index is 0.181. The number of hydrogen-bond acceptors (Lipinski definition) is 3. The summed E-state index contributed by atoms with van der Waals surface area (Å²) in [4.78, 5) is 31.3. The lowest BCUT2D eigenvalue weighted by Crippen LogP contribution is -2.52. The van der Waals surface area contributed by atoms with Crippen LogP contribution in [0.1, 0.15) is 31.2 Å². The predicted octanol–water partition coefficient (Wildman–Crippen LogP) is 1.91. The monoisotopic (exact) mass is 341 g/mol. The molecule has 1 saturated carbocycles. The Kier molecular flexibility index (Phi) is 4.75. The molecule has 1 aromatic carbocycles. The number of anilines is 1. The van der Waals surface area contributed by atoms with E-state index in [1.807, 2.05) is 28.0 Å². The smallest absolute Gasteiger partial charge is 0.241 e. The van der Waals surface area contributed by atoms with Crippen LogP contribution < -0.4 is 4.90 Å². The number of piperazine rings is 1. The van der Waals surface area contributed by atoms with Gasteiger partial charge in [0.25, 0.3) is 0 Å². The van der Waals surface area contributed by atoms with Gasteiger partial charge in [-0.25, -0.2) is 0 Å². The minimum atomic E-state index is 0.181. The average molecular weight is 341 g/mol. The van der Waals surface area contributed by atoms with Crippen LogP contribution in [0.15, 0.2) is 24.3 Å². The Balaban J connectivity index is 1.29. The highest BCUT2D eigenvalue weighted by Crippen LogP contribution is 2.28. The summed E-state index contributed by atoms with van der Waals surface area (Å²) in [6.45, 7) is 4.38. The average Bonchev–Trinajstić information content (AvgIpc) is 3.31. The number of rotatable bonds is 3. The molecule has 4 rings (SSSR count). The fraction of sp³-hybridized carbons (Fsp3) is 0.600. The molecule has 2 fully saturated rings. The van der Waals surface area contributed by atoms with Crippen LogP contribution in [0.4, 0.5) is 5.69 Å². The normalized spacial score (nSPS) is 21.6. The van der Waals surface area contributed by atoms with Crippen LogP contribution >= 0.6 is 0 Å². The van der Waals surface area contributed by atoms with Crippen molar-refractivity contribution in [1.82, 2.24) is 9.80 Å². The molecule has 1 aromatic rings. The molecule has 0 aromatic heterocycles. The van der Waals surface area contributed by atoms with Crippen LogP contribution in [0, 0.1) is 5.92 Å². The molecule has 5 heteroatoms. The first kappa shape index (κ1) is 16.6. The first-order valence-corrected chi connectivity index (χ1v) is 9.62. The van der Waals surface area contributed by atoms with E-state index in [1.54, 1.807) is 0 Å². The highest BCUT2D eigenvalue weighted by atomic mass is 16.2. The molecule has 0 unspecified atom stereocenters. The number of benzene rings is 1. The molecule has 0 radical (unpaired) electrons. The molecule has 0 bridgehead atoms. The molecule has 1 saturated heterocycles. The second kappa shape index (κ2) is 7.16. The van der Waals surface area contributed by atoms with Crippen molar-refractivity contribution in [2.24, 2.45) is 5.92 Å². The maximum Gasteiger partial charge on any atom is 0.241 e. The summed E-state index contributed by atoms with van der Waals surface area (Å²) in [7, 11) is 0. The number of fused-ring (bicyclic) bond motifs is 1. The Morgan fingerprint density at radius 2 is 1.68 bits per heavy atom. The van der Waals surface area contributed by atoms with Gasteiger partial charge in [0.1, 0.15) is 0 Å². The maximum absolute atomic E-state index is 12.7. The minimum Gasteiger partial charge on any atom is -0.340 e. The van der Waals surface area contributed by atoms with Gasteiger partial charge < -0.3 is 9.80 Å². The predicted molar refractivity (Wildman–Crippen MR) is 97.5 cm³/mol. The SMILES string of the molecule is O=C(C1CCCC1)N1CCN(CC(=O)N2CCc3ccccc32)CC1. The molecule has 0 atom stereocenters. The van der Waals surface area contributed by atoms with Crippen LogP contribution in [0.25, 0.3) is 0 Å². The van der Waals surface area contributed by atoms with E-state index in [0.717, 1.165) is 57.7 Å². The van der Waals surface area contributed by atoms with Gasteiger partial charge in [0.15, 0.2) is 0 Å². The summed E-state index contributed by atoms with van der Waals surface area (Å²) in [6, 6.07) is 8.18. The number of para-hydroxylation sites is 1. The van der Waals surface area contributed by atoms with Gasteiger partial charge in [0.2, 0.25) is 11.8 Å². The zero-order chi connectivity index (χ0) is 17.2. The Labute approximate surface area is 149 Å². The second-order valence-corrected chi connectivity index (χ2v) is 7.51. The van der Waals surface area contributed by atoms with E-state index in [9.17, 15) is 9.59 Å². The zero-order valence-electron chi connectivity index (χ0n) is 14.8. The fourth-order valence-corrected chi connectivity index (χ4v) is 4.43. The molecule has 1 aliphatic carbocycles. The molecule has 5 nitrogen and oxygen atoms in total. The van der Waals surface area contributed by atoms with Gasteiger partial charge in [-0.2, -0.15) is 0 Å². The van der Waals surface area contributed by atoms with Crippen molar-refractivity contribution in [3.05, 3.63) is 29.8 Å². The molecule has 0 N–H and O–H groups in total. The lowest BCUT2D eigenvalue weighted by molar-refractivity contribution is -0.137. The number of amides is 2. The Hall–Kier alpha value is -1.88. The van der Waals surface area contributed by atoms with Crippen molar-refractivity contribution in [3.63, 3.8) is 0 Å². The van der Waals surface area contributed by atoms with Crippen molar-refractivity contribution >= 4 is 17.5 Å². The number of nitrogens with zero attached hydrogens (tertiary/aromatic N) is 3. The Morgan fingerprint density at radius 3 is 2.44 bits per heavy atom. The first-order chi connectivity index (χ1) is 12.2. The summed E-state index contributed by atoms with van der Waals surface area (Å²) < 4.78 is 0. The fourth-order valence-electron chi connectivity index (χ4n) is 4.43. The maximum atomic E-state index is 12.7. The van der Waals surface area contributed by atoms with Gasteiger partial charge in [-0.05, 0) is 30.9 Å². The first-order valence-electron chi connectivity index (χ1n) is 9.62. The summed E-state index contributed by atoms with van der Waals surface area (Å²) in [5, 5.41) is 0. The standard InChI is InChI=1S/C20H27N3O2/c24-19(23-10-9-16-5-3-4-8-18(16)23)15-21-11-13-22(14-12-21)20(25)17-6-1-2-7-17/h3-5,8,17H,1-2,6-7,9-15H2. The van der Waals surface area contributed by atoms with Crippen molar-refractivity contribution < 1.29 is 9.59 Å². The molecule has 2 aliphatic heterocycles. The van der Waals surface area contributed by atoms with E-state index >= 15 is 0 Å². The molecule has 25 heavy (non-hydrogen) atoms.